The third-order valence-electron chi connectivity index (χ3n) is 3.41. The van der Waals surface area contributed by atoms with Crippen LogP contribution < -0.4 is 5.32 Å². The molecule has 2 atom stereocenters. The van der Waals surface area contributed by atoms with E-state index in [9.17, 15) is 4.39 Å². The molecule has 0 bridgehead atoms. The van der Waals surface area contributed by atoms with E-state index in [4.69, 9.17) is 4.74 Å². The Morgan fingerprint density at radius 2 is 1.90 bits per heavy atom. The summed E-state index contributed by atoms with van der Waals surface area (Å²) in [6.45, 7) is 13.8. The fourth-order valence-electron chi connectivity index (χ4n) is 2.53. The predicted molar refractivity (Wildman–Crippen MR) is 82.4 cm³/mol. The van der Waals surface area contributed by atoms with Crippen molar-refractivity contribution in [1.82, 2.24) is 5.32 Å². The topological polar surface area (TPSA) is 21.3 Å². The number of hydrogen-bond donors (Lipinski definition) is 1. The predicted octanol–water partition coefficient (Wildman–Crippen LogP) is 4.24. The summed E-state index contributed by atoms with van der Waals surface area (Å²) >= 11 is 0. The van der Waals surface area contributed by atoms with Crippen molar-refractivity contribution >= 4 is 0 Å². The van der Waals surface area contributed by atoms with Gasteiger partial charge < -0.3 is 10.1 Å². The highest BCUT2D eigenvalue weighted by molar-refractivity contribution is 5.28. The van der Waals surface area contributed by atoms with E-state index < -0.39 is 0 Å². The van der Waals surface area contributed by atoms with E-state index in [1.165, 1.54) is 0 Å². The number of benzene rings is 1. The van der Waals surface area contributed by atoms with E-state index in [2.05, 4.69) is 26.1 Å². The minimum atomic E-state index is -0.171. The van der Waals surface area contributed by atoms with Crippen molar-refractivity contribution in [3.8, 4) is 0 Å². The quantitative estimate of drug-likeness (QED) is 0.842. The van der Waals surface area contributed by atoms with Gasteiger partial charge in [0.25, 0.3) is 0 Å². The van der Waals surface area contributed by atoms with Crippen molar-refractivity contribution in [2.45, 2.75) is 53.7 Å². The maximum absolute atomic E-state index is 14.2. The maximum Gasteiger partial charge on any atom is 0.128 e. The Hall–Kier alpha value is -0.930. The third kappa shape index (κ3) is 4.29. The second-order valence-electron chi connectivity index (χ2n) is 6.30. The summed E-state index contributed by atoms with van der Waals surface area (Å²) in [6, 6.07) is 5.12. The normalized spacial score (nSPS) is 15.2. The molecule has 3 heteroatoms. The first kappa shape index (κ1) is 17.1. The summed E-state index contributed by atoms with van der Waals surface area (Å²) in [6.07, 6.45) is -0.0799. The molecule has 20 heavy (non-hydrogen) atoms. The second-order valence-corrected chi connectivity index (χ2v) is 6.30. The number of likely N-dealkylation sites (N-methyl/N-ethyl adjacent to an activating group) is 1. The average Bonchev–Trinajstić information content (AvgIpc) is 2.35. The molecule has 0 radical (unpaired) electrons. The molecule has 0 heterocycles. The minimum absolute atomic E-state index is 0.0704. The van der Waals surface area contributed by atoms with Crippen molar-refractivity contribution < 1.29 is 9.13 Å². The molecule has 0 saturated carbocycles. The first-order chi connectivity index (χ1) is 9.31. The van der Waals surface area contributed by atoms with E-state index in [1.807, 2.05) is 26.8 Å². The van der Waals surface area contributed by atoms with Crippen LogP contribution in [0.4, 0.5) is 4.39 Å². The van der Waals surface area contributed by atoms with Gasteiger partial charge in [-0.1, -0.05) is 45.4 Å². The molecule has 1 aromatic carbocycles. The van der Waals surface area contributed by atoms with Crippen LogP contribution in [0.2, 0.25) is 0 Å². The van der Waals surface area contributed by atoms with Crippen molar-refractivity contribution in [3.63, 3.8) is 0 Å². The van der Waals surface area contributed by atoms with Gasteiger partial charge in [-0.25, -0.2) is 4.39 Å². The summed E-state index contributed by atoms with van der Waals surface area (Å²) in [4.78, 5) is 0. The second kappa shape index (κ2) is 7.19. The van der Waals surface area contributed by atoms with Gasteiger partial charge >= 0.3 is 0 Å². The summed E-state index contributed by atoms with van der Waals surface area (Å²) in [5.74, 6) is -0.171. The highest BCUT2D eigenvalue weighted by Gasteiger charge is 2.34. The molecule has 0 aliphatic heterocycles. The van der Waals surface area contributed by atoms with Crippen LogP contribution in [0.1, 0.15) is 51.8 Å². The Morgan fingerprint density at radius 3 is 2.40 bits per heavy atom. The van der Waals surface area contributed by atoms with Gasteiger partial charge in [-0.05, 0) is 31.9 Å². The van der Waals surface area contributed by atoms with Gasteiger partial charge in [-0.15, -0.1) is 0 Å². The van der Waals surface area contributed by atoms with Crippen LogP contribution >= 0.6 is 0 Å². The lowest BCUT2D eigenvalue weighted by Crippen LogP contribution is -2.42. The summed E-state index contributed by atoms with van der Waals surface area (Å²) in [7, 11) is 0. The molecule has 1 N–H and O–H groups in total. The van der Waals surface area contributed by atoms with E-state index >= 15 is 0 Å². The fraction of sp³-hybridized carbons (Fsp3) is 0.647. The highest BCUT2D eigenvalue weighted by atomic mass is 19.1. The number of aryl methyl sites for hydroxylation is 1. The summed E-state index contributed by atoms with van der Waals surface area (Å²) < 4.78 is 20.2. The number of ether oxygens (including phenoxy) is 1. The van der Waals surface area contributed by atoms with E-state index in [-0.39, 0.29) is 23.4 Å². The third-order valence-corrected chi connectivity index (χ3v) is 3.41. The zero-order valence-electron chi connectivity index (χ0n) is 13.6. The van der Waals surface area contributed by atoms with Crippen molar-refractivity contribution in [2.75, 3.05) is 13.2 Å². The maximum atomic E-state index is 14.2. The van der Waals surface area contributed by atoms with Crippen LogP contribution in [0, 0.1) is 18.2 Å². The Balaban J connectivity index is 3.23. The molecule has 0 fully saturated rings. The van der Waals surface area contributed by atoms with Crippen LogP contribution in [0.3, 0.4) is 0 Å². The van der Waals surface area contributed by atoms with E-state index in [0.717, 1.165) is 12.1 Å². The van der Waals surface area contributed by atoms with Gasteiger partial charge in [0.15, 0.2) is 0 Å². The molecule has 1 aromatic rings. The molecule has 0 aliphatic carbocycles. The first-order valence-corrected chi connectivity index (χ1v) is 7.42. The molecular formula is C17H28FNO. The zero-order chi connectivity index (χ0) is 15.3. The Bertz CT molecular complexity index is 425. The van der Waals surface area contributed by atoms with Gasteiger partial charge in [-0.2, -0.15) is 0 Å². The van der Waals surface area contributed by atoms with Crippen LogP contribution in [-0.2, 0) is 4.74 Å². The SMILES string of the molecule is CCNC(c1cc(C)ccc1F)C(OCC)C(C)(C)C. The largest absolute Gasteiger partial charge is 0.376 e. The first-order valence-electron chi connectivity index (χ1n) is 7.42. The summed E-state index contributed by atoms with van der Waals surface area (Å²) in [5.41, 5.74) is 1.69. The number of hydrogen-bond acceptors (Lipinski definition) is 2. The number of nitrogens with one attached hydrogen (secondary N) is 1. The van der Waals surface area contributed by atoms with Crippen molar-refractivity contribution in [1.29, 1.82) is 0 Å². The van der Waals surface area contributed by atoms with Crippen LogP contribution in [0.25, 0.3) is 0 Å². The molecule has 114 valence electrons. The van der Waals surface area contributed by atoms with Crippen LogP contribution in [0.5, 0.6) is 0 Å². The fourth-order valence-corrected chi connectivity index (χ4v) is 2.53. The van der Waals surface area contributed by atoms with Crippen LogP contribution in [0.15, 0.2) is 18.2 Å². The minimum Gasteiger partial charge on any atom is -0.376 e. The average molecular weight is 281 g/mol. The highest BCUT2D eigenvalue weighted by Crippen LogP contribution is 2.34. The molecule has 0 aromatic heterocycles. The standard InChI is InChI=1S/C17H28FNO/c1-7-19-15(16(20-8-2)17(4,5)6)13-11-12(3)9-10-14(13)18/h9-11,15-16,19H,7-8H2,1-6H3. The van der Waals surface area contributed by atoms with Gasteiger partial charge in [0, 0.05) is 12.2 Å². The molecule has 0 aliphatic rings. The smallest absolute Gasteiger partial charge is 0.128 e. The van der Waals surface area contributed by atoms with Gasteiger partial charge in [0.05, 0.1) is 12.1 Å². The Morgan fingerprint density at radius 1 is 1.25 bits per heavy atom. The molecule has 2 nitrogen and oxygen atoms in total. The van der Waals surface area contributed by atoms with E-state index in [1.54, 1.807) is 12.1 Å². The lowest BCUT2D eigenvalue weighted by atomic mass is 9.81. The number of rotatable bonds is 6. The monoisotopic (exact) mass is 281 g/mol. The Kier molecular flexibility index (Phi) is 6.15. The van der Waals surface area contributed by atoms with E-state index in [0.29, 0.717) is 12.2 Å². The van der Waals surface area contributed by atoms with Gasteiger partial charge in [-0.3, -0.25) is 0 Å². The molecule has 0 saturated heterocycles. The van der Waals surface area contributed by atoms with Crippen molar-refractivity contribution in [3.05, 3.63) is 35.1 Å². The molecular weight excluding hydrogens is 253 g/mol. The molecule has 0 amide bonds. The zero-order valence-corrected chi connectivity index (χ0v) is 13.6. The molecule has 1 rings (SSSR count). The van der Waals surface area contributed by atoms with Crippen molar-refractivity contribution in [2.24, 2.45) is 5.41 Å². The summed E-state index contributed by atoms with van der Waals surface area (Å²) in [5, 5.41) is 3.39. The Labute approximate surface area is 122 Å². The van der Waals surface area contributed by atoms with Crippen LogP contribution in [-0.4, -0.2) is 19.3 Å². The number of halogens is 1. The van der Waals surface area contributed by atoms with Gasteiger partial charge in [0.1, 0.15) is 5.82 Å². The lowest BCUT2D eigenvalue weighted by molar-refractivity contribution is -0.0369. The molecule has 0 spiro atoms. The molecule has 2 unspecified atom stereocenters. The van der Waals surface area contributed by atoms with Gasteiger partial charge in [0.2, 0.25) is 0 Å². The lowest BCUT2D eigenvalue weighted by Gasteiger charge is -2.37.